The molecule has 1 aliphatic heterocycles. The first-order valence-corrected chi connectivity index (χ1v) is 8.68. The predicted molar refractivity (Wildman–Crippen MR) is 97.9 cm³/mol. The number of nitrogens with zero attached hydrogens (tertiary/aromatic N) is 2. The number of rotatable bonds is 4. The molecule has 0 aliphatic carbocycles. The molecule has 0 N–H and O–H groups in total. The Bertz CT molecular complexity index is 703. The maximum absolute atomic E-state index is 14.9. The van der Waals surface area contributed by atoms with Crippen LogP contribution < -0.4 is 0 Å². The lowest BCUT2D eigenvalue weighted by atomic mass is 9.84. The molecule has 26 heavy (non-hydrogen) atoms. The van der Waals surface area contributed by atoms with Crippen LogP contribution in [0.15, 0.2) is 18.1 Å². The molecule has 8 heteroatoms. The minimum absolute atomic E-state index is 0.0390. The maximum atomic E-state index is 14.9. The first kappa shape index (κ1) is 20.6. The zero-order valence-corrected chi connectivity index (χ0v) is 16.8. The van der Waals surface area contributed by atoms with E-state index in [4.69, 9.17) is 14.0 Å². The average molecular weight is 366 g/mol. The Labute approximate surface area is 154 Å². The van der Waals surface area contributed by atoms with Crippen LogP contribution in [0.5, 0.6) is 0 Å². The molecule has 6 nitrogen and oxygen atoms in total. The summed E-state index contributed by atoms with van der Waals surface area (Å²) in [4.78, 5) is 11.9. The van der Waals surface area contributed by atoms with Gasteiger partial charge in [-0.05, 0) is 61.0 Å². The highest BCUT2D eigenvalue weighted by Gasteiger charge is 2.53. The van der Waals surface area contributed by atoms with Crippen LogP contribution in [0.1, 0.15) is 61.0 Å². The van der Waals surface area contributed by atoms with Crippen LogP contribution >= 0.6 is 0 Å². The van der Waals surface area contributed by atoms with Crippen molar-refractivity contribution in [3.8, 4) is 0 Å². The average Bonchev–Trinajstić information content (AvgIpc) is 2.98. The standard InChI is InChI=1S/C18H28BFN2O4/c1-12(15(20)19-25-17(5,6)18(7,8)26-19)13-9-21-22(10-13)11-14(23)24-16(2,3)4/h9-10H,11H2,1-8H3. The van der Waals surface area contributed by atoms with Crippen LogP contribution in [0.2, 0.25) is 0 Å². The quantitative estimate of drug-likeness (QED) is 0.602. The van der Waals surface area contributed by atoms with Gasteiger partial charge in [0.1, 0.15) is 17.9 Å². The Kier molecular flexibility index (Phi) is 5.41. The summed E-state index contributed by atoms with van der Waals surface area (Å²) in [6.07, 6.45) is 3.11. The molecule has 0 saturated carbocycles. The van der Waals surface area contributed by atoms with Gasteiger partial charge in [0.25, 0.3) is 0 Å². The lowest BCUT2D eigenvalue weighted by molar-refractivity contribution is -0.155. The Morgan fingerprint density at radius 1 is 1.27 bits per heavy atom. The van der Waals surface area contributed by atoms with Gasteiger partial charge in [0, 0.05) is 11.8 Å². The topological polar surface area (TPSA) is 62.6 Å². The summed E-state index contributed by atoms with van der Waals surface area (Å²) in [5.41, 5.74) is -1.38. The van der Waals surface area contributed by atoms with Crippen LogP contribution in [-0.4, -0.2) is 39.7 Å². The van der Waals surface area contributed by atoms with Gasteiger partial charge in [-0.15, -0.1) is 0 Å². The lowest BCUT2D eigenvalue weighted by Crippen LogP contribution is -2.41. The van der Waals surface area contributed by atoms with Gasteiger partial charge in [0.15, 0.2) is 0 Å². The monoisotopic (exact) mass is 366 g/mol. The second kappa shape index (κ2) is 6.81. The van der Waals surface area contributed by atoms with E-state index in [2.05, 4.69) is 5.10 Å². The van der Waals surface area contributed by atoms with Gasteiger partial charge >= 0.3 is 13.1 Å². The number of hydrogen-bond acceptors (Lipinski definition) is 5. The summed E-state index contributed by atoms with van der Waals surface area (Å²) in [5, 5.41) is 4.11. The Morgan fingerprint density at radius 2 is 1.81 bits per heavy atom. The summed E-state index contributed by atoms with van der Waals surface area (Å²) in [6, 6.07) is 0. The van der Waals surface area contributed by atoms with Crippen molar-refractivity contribution in [2.24, 2.45) is 0 Å². The largest absolute Gasteiger partial charge is 0.525 e. The molecule has 1 fully saturated rings. The third-order valence-corrected chi connectivity index (χ3v) is 4.60. The van der Waals surface area contributed by atoms with Crippen LogP contribution in [0.4, 0.5) is 4.39 Å². The van der Waals surface area contributed by atoms with Crippen LogP contribution in [0.25, 0.3) is 5.57 Å². The molecule has 1 saturated heterocycles. The smallest absolute Gasteiger partial charge is 0.459 e. The fraction of sp³-hybridized carbons (Fsp3) is 0.667. The summed E-state index contributed by atoms with van der Waals surface area (Å²) in [7, 11) is -1.06. The SMILES string of the molecule is CC(=C(F)B1OC(C)(C)C(C)(C)O1)c1cnn(CC(=O)OC(C)(C)C)c1. The van der Waals surface area contributed by atoms with Crippen molar-refractivity contribution in [1.29, 1.82) is 0 Å². The van der Waals surface area contributed by atoms with Gasteiger partial charge in [-0.1, -0.05) is 0 Å². The summed E-state index contributed by atoms with van der Waals surface area (Å²) < 4.78 is 33.0. The number of allylic oxidation sites excluding steroid dienone is 1. The molecule has 1 aromatic rings. The molecular formula is C18H28BFN2O4. The normalized spacial score (nSPS) is 20.1. The number of hydrogen-bond donors (Lipinski definition) is 0. The summed E-state index contributed by atoms with van der Waals surface area (Å²) >= 11 is 0. The van der Waals surface area contributed by atoms with Gasteiger partial charge in [0.05, 0.1) is 17.4 Å². The number of ether oxygens (including phenoxy) is 1. The first-order valence-electron chi connectivity index (χ1n) is 8.68. The van der Waals surface area contributed by atoms with E-state index in [0.29, 0.717) is 11.1 Å². The van der Waals surface area contributed by atoms with Crippen molar-refractivity contribution in [2.45, 2.75) is 78.7 Å². The highest BCUT2D eigenvalue weighted by atomic mass is 19.1. The number of carbonyl (C=O) groups excluding carboxylic acids is 1. The molecule has 0 amide bonds. The Hall–Kier alpha value is -1.67. The second-order valence-corrected chi connectivity index (χ2v) is 8.57. The molecule has 0 bridgehead atoms. The van der Waals surface area contributed by atoms with Crippen molar-refractivity contribution in [1.82, 2.24) is 9.78 Å². The third-order valence-electron chi connectivity index (χ3n) is 4.60. The highest BCUT2D eigenvalue weighted by Crippen LogP contribution is 2.40. The van der Waals surface area contributed by atoms with E-state index < -0.39 is 35.6 Å². The van der Waals surface area contributed by atoms with E-state index in [1.165, 1.54) is 10.9 Å². The van der Waals surface area contributed by atoms with Gasteiger partial charge < -0.3 is 14.0 Å². The number of aromatic nitrogens is 2. The maximum Gasteiger partial charge on any atom is 0.525 e. The second-order valence-electron chi connectivity index (χ2n) is 8.57. The van der Waals surface area contributed by atoms with E-state index in [0.717, 1.165) is 0 Å². The van der Waals surface area contributed by atoms with E-state index in [9.17, 15) is 9.18 Å². The van der Waals surface area contributed by atoms with Crippen LogP contribution in [0.3, 0.4) is 0 Å². The van der Waals surface area contributed by atoms with E-state index in [1.54, 1.807) is 33.9 Å². The van der Waals surface area contributed by atoms with E-state index >= 15 is 0 Å². The number of carbonyl (C=O) groups is 1. The zero-order chi connectivity index (χ0) is 19.9. The molecule has 0 radical (unpaired) electrons. The van der Waals surface area contributed by atoms with Crippen LogP contribution in [-0.2, 0) is 25.4 Å². The molecule has 1 aromatic heterocycles. The molecule has 0 spiro atoms. The van der Waals surface area contributed by atoms with Crippen molar-refractivity contribution < 1.29 is 23.2 Å². The van der Waals surface area contributed by atoms with Crippen LogP contribution in [0, 0.1) is 0 Å². The molecule has 0 aromatic carbocycles. The number of esters is 1. The molecule has 1 aliphatic rings. The molecule has 2 heterocycles. The first-order chi connectivity index (χ1) is 11.7. The minimum atomic E-state index is -1.06. The molecule has 2 rings (SSSR count). The summed E-state index contributed by atoms with van der Waals surface area (Å²) in [6.45, 7) is 14.5. The van der Waals surface area contributed by atoms with E-state index in [-0.39, 0.29) is 6.54 Å². The fourth-order valence-electron chi connectivity index (χ4n) is 2.41. The highest BCUT2D eigenvalue weighted by molar-refractivity contribution is 6.55. The van der Waals surface area contributed by atoms with Crippen molar-refractivity contribution >= 4 is 18.7 Å². The van der Waals surface area contributed by atoms with Crippen molar-refractivity contribution in [3.05, 3.63) is 23.7 Å². The third kappa shape index (κ3) is 4.54. The summed E-state index contributed by atoms with van der Waals surface area (Å²) in [5.74, 6) is -0.403. The fourth-order valence-corrected chi connectivity index (χ4v) is 2.41. The Balaban J connectivity index is 2.13. The molecule has 0 unspecified atom stereocenters. The van der Waals surface area contributed by atoms with Crippen molar-refractivity contribution in [3.63, 3.8) is 0 Å². The van der Waals surface area contributed by atoms with E-state index in [1.807, 2.05) is 27.7 Å². The van der Waals surface area contributed by atoms with Gasteiger partial charge in [-0.3, -0.25) is 9.48 Å². The molecule has 0 atom stereocenters. The van der Waals surface area contributed by atoms with Gasteiger partial charge in [-0.2, -0.15) is 5.10 Å². The lowest BCUT2D eigenvalue weighted by Gasteiger charge is -2.32. The van der Waals surface area contributed by atoms with Gasteiger partial charge in [-0.25, -0.2) is 4.39 Å². The predicted octanol–water partition coefficient (Wildman–Crippen LogP) is 3.56. The molecular weight excluding hydrogens is 338 g/mol. The zero-order valence-electron chi connectivity index (χ0n) is 16.8. The Morgan fingerprint density at radius 3 is 2.31 bits per heavy atom. The minimum Gasteiger partial charge on any atom is -0.459 e. The van der Waals surface area contributed by atoms with Crippen molar-refractivity contribution in [2.75, 3.05) is 0 Å². The van der Waals surface area contributed by atoms with Gasteiger partial charge in [0.2, 0.25) is 0 Å². The number of halogens is 1. The molecule has 144 valence electrons.